The third kappa shape index (κ3) is 8.56. The van der Waals surface area contributed by atoms with E-state index in [1.165, 1.54) is 6.42 Å². The Bertz CT molecular complexity index is 1660. The summed E-state index contributed by atoms with van der Waals surface area (Å²) in [4.78, 5) is 34.9. The Hall–Kier alpha value is -4.95. The molecule has 256 valence electrons. The van der Waals surface area contributed by atoms with Crippen molar-refractivity contribution < 1.29 is 9.59 Å². The summed E-state index contributed by atoms with van der Waals surface area (Å²) in [6.07, 6.45) is 5.47. The van der Waals surface area contributed by atoms with Gasteiger partial charge in [-0.25, -0.2) is 0 Å². The minimum Gasteiger partial charge on any atom is -0.370 e. The summed E-state index contributed by atoms with van der Waals surface area (Å²) in [5.41, 5.74) is 12.5. The Balaban J connectivity index is 1.68. The number of amides is 2. The number of guanidine groups is 1. The molecule has 0 saturated heterocycles. The molecule has 2 amide bonds. The largest absolute Gasteiger partial charge is 0.370 e. The molecule has 8 nitrogen and oxygen atoms in total. The third-order valence-electron chi connectivity index (χ3n) is 9.55. The van der Waals surface area contributed by atoms with Crippen molar-refractivity contribution in [1.82, 2.24) is 15.1 Å². The molecule has 1 unspecified atom stereocenters. The van der Waals surface area contributed by atoms with Crippen LogP contribution in [0.1, 0.15) is 83.4 Å². The van der Waals surface area contributed by atoms with Gasteiger partial charge in [-0.3, -0.25) is 15.0 Å². The normalized spacial score (nSPS) is 14.0. The fourth-order valence-corrected chi connectivity index (χ4v) is 7.16. The maximum Gasteiger partial charge on any atom is 0.249 e. The van der Waals surface area contributed by atoms with Crippen LogP contribution in [0.15, 0.2) is 103 Å². The van der Waals surface area contributed by atoms with E-state index in [1.54, 1.807) is 23.9 Å². The van der Waals surface area contributed by atoms with Gasteiger partial charge in [0.05, 0.1) is 11.6 Å². The molecule has 0 aromatic heterocycles. The van der Waals surface area contributed by atoms with Crippen LogP contribution in [0, 0.1) is 5.41 Å². The first kappa shape index (κ1) is 35.4. The zero-order valence-electron chi connectivity index (χ0n) is 29.2. The highest BCUT2D eigenvalue weighted by molar-refractivity contribution is 5.98. The van der Waals surface area contributed by atoms with Gasteiger partial charge in [-0.05, 0) is 60.7 Å². The van der Waals surface area contributed by atoms with E-state index >= 15 is 0 Å². The number of hydrogen-bond acceptors (Lipinski definition) is 4. The molecular weight excluding hydrogens is 608 g/mol. The van der Waals surface area contributed by atoms with Crippen molar-refractivity contribution >= 4 is 23.5 Å². The van der Waals surface area contributed by atoms with Crippen molar-refractivity contribution in [3.05, 3.63) is 137 Å². The molecule has 0 spiro atoms. The lowest BCUT2D eigenvalue weighted by atomic mass is 9.79. The molecule has 4 aromatic carbocycles. The van der Waals surface area contributed by atoms with Crippen molar-refractivity contribution in [2.24, 2.45) is 5.73 Å². The number of benzene rings is 4. The van der Waals surface area contributed by atoms with Gasteiger partial charge in [0.15, 0.2) is 5.96 Å². The molecule has 4 aromatic rings. The van der Waals surface area contributed by atoms with E-state index in [0.29, 0.717) is 18.7 Å². The van der Waals surface area contributed by atoms with Gasteiger partial charge in [-0.2, -0.15) is 0 Å². The fourth-order valence-electron chi connectivity index (χ4n) is 7.16. The lowest BCUT2D eigenvalue weighted by molar-refractivity contribution is -0.136. The monoisotopic (exact) mass is 658 g/mol. The number of carbonyl (C=O) groups is 2. The van der Waals surface area contributed by atoms with E-state index in [9.17, 15) is 9.59 Å². The Labute approximate surface area is 291 Å². The van der Waals surface area contributed by atoms with Crippen LogP contribution in [0.5, 0.6) is 0 Å². The maximum atomic E-state index is 14.8. The van der Waals surface area contributed by atoms with E-state index in [1.807, 2.05) is 111 Å². The average Bonchev–Trinajstić information content (AvgIpc) is 3.11. The summed E-state index contributed by atoms with van der Waals surface area (Å²) in [6.45, 7) is 1.08. The number of nitrogens with two attached hydrogens (primary N) is 1. The molecule has 49 heavy (non-hydrogen) atoms. The first-order valence-corrected chi connectivity index (χ1v) is 17.2. The van der Waals surface area contributed by atoms with E-state index in [4.69, 9.17) is 11.1 Å². The molecular formula is C41H50N6O2. The molecule has 0 radical (unpaired) electrons. The highest BCUT2D eigenvalue weighted by atomic mass is 16.2. The van der Waals surface area contributed by atoms with Gasteiger partial charge in [0.25, 0.3) is 0 Å². The molecule has 0 bridgehead atoms. The molecule has 1 aliphatic rings. The summed E-state index contributed by atoms with van der Waals surface area (Å²) in [7, 11) is 7.66. The van der Waals surface area contributed by atoms with E-state index in [2.05, 4.69) is 16.3 Å². The van der Waals surface area contributed by atoms with Crippen LogP contribution in [-0.4, -0.2) is 55.8 Å². The summed E-state index contributed by atoms with van der Waals surface area (Å²) in [5, 5.41) is 11.8. The van der Waals surface area contributed by atoms with Crippen molar-refractivity contribution in [2.75, 3.05) is 33.1 Å². The third-order valence-corrected chi connectivity index (χ3v) is 9.55. The average molecular weight is 659 g/mol. The number of likely N-dealkylation sites (N-methyl/N-ethyl adjacent to an activating group) is 1. The zero-order chi connectivity index (χ0) is 34.9. The predicted octanol–water partition coefficient (Wildman–Crippen LogP) is 6.77. The molecule has 8 heteroatoms. The Kier molecular flexibility index (Phi) is 11.9. The first-order valence-electron chi connectivity index (χ1n) is 17.2. The lowest BCUT2D eigenvalue weighted by Gasteiger charge is -2.35. The molecule has 5 rings (SSSR count). The first-order chi connectivity index (χ1) is 23.7. The molecule has 1 saturated carbocycles. The number of nitrogens with zero attached hydrogens (tertiary/aromatic N) is 3. The van der Waals surface area contributed by atoms with Gasteiger partial charge in [-0.1, -0.05) is 122 Å². The Morgan fingerprint density at radius 2 is 1.33 bits per heavy atom. The van der Waals surface area contributed by atoms with Crippen LogP contribution in [0.2, 0.25) is 0 Å². The molecule has 1 aliphatic carbocycles. The maximum absolute atomic E-state index is 14.8. The van der Waals surface area contributed by atoms with Gasteiger partial charge in [0, 0.05) is 32.7 Å². The van der Waals surface area contributed by atoms with Crippen molar-refractivity contribution in [3.63, 3.8) is 0 Å². The van der Waals surface area contributed by atoms with E-state index < -0.39 is 12.0 Å². The number of rotatable bonds is 12. The van der Waals surface area contributed by atoms with Gasteiger partial charge in [0.1, 0.15) is 6.04 Å². The second-order valence-electron chi connectivity index (χ2n) is 13.5. The van der Waals surface area contributed by atoms with Gasteiger partial charge < -0.3 is 25.8 Å². The smallest absolute Gasteiger partial charge is 0.249 e. The number of nitrogens with one attached hydrogen (secondary N) is 2. The van der Waals surface area contributed by atoms with Crippen LogP contribution < -0.4 is 16.0 Å². The topological polar surface area (TPSA) is 106 Å². The summed E-state index contributed by atoms with van der Waals surface area (Å²) in [5.74, 6) is -1.05. The van der Waals surface area contributed by atoms with E-state index in [-0.39, 0.29) is 23.7 Å². The number of anilines is 1. The van der Waals surface area contributed by atoms with Crippen LogP contribution in [0.25, 0.3) is 0 Å². The molecule has 4 N–H and O–H groups in total. The summed E-state index contributed by atoms with van der Waals surface area (Å²) >= 11 is 0. The second-order valence-corrected chi connectivity index (χ2v) is 13.5. The second kappa shape index (κ2) is 16.4. The van der Waals surface area contributed by atoms with Crippen molar-refractivity contribution in [2.45, 2.75) is 63.1 Å². The van der Waals surface area contributed by atoms with Crippen LogP contribution in [-0.2, 0) is 22.7 Å². The van der Waals surface area contributed by atoms with Crippen LogP contribution in [0.4, 0.5) is 5.69 Å². The predicted molar refractivity (Wildman–Crippen MR) is 199 cm³/mol. The molecule has 0 heterocycles. The highest BCUT2D eigenvalue weighted by Crippen LogP contribution is 2.44. The summed E-state index contributed by atoms with van der Waals surface area (Å²) in [6, 6.07) is 32.2. The lowest BCUT2D eigenvalue weighted by Crippen LogP contribution is -2.44. The SMILES string of the molecule is CN(C)Cc1ccc(C(NC(=O)C(c2ccccc2)c2ccccc2)C(=O)N(C)Cc2ccccc2)c(N(C)C(=N)N)c1C1CCCCC1. The van der Waals surface area contributed by atoms with Crippen LogP contribution >= 0.6 is 0 Å². The Morgan fingerprint density at radius 1 is 0.776 bits per heavy atom. The highest BCUT2D eigenvalue weighted by Gasteiger charge is 2.35. The Morgan fingerprint density at radius 3 is 1.86 bits per heavy atom. The van der Waals surface area contributed by atoms with Crippen LogP contribution in [0.3, 0.4) is 0 Å². The molecule has 1 fully saturated rings. The molecule has 0 aliphatic heterocycles. The van der Waals surface area contributed by atoms with Crippen molar-refractivity contribution in [1.29, 1.82) is 5.41 Å². The quantitative estimate of drug-likeness (QED) is 0.115. The minimum atomic E-state index is -1.04. The molecule has 1 atom stereocenters. The van der Waals surface area contributed by atoms with Gasteiger partial charge >= 0.3 is 0 Å². The van der Waals surface area contributed by atoms with Crippen molar-refractivity contribution in [3.8, 4) is 0 Å². The van der Waals surface area contributed by atoms with Gasteiger partial charge in [-0.15, -0.1) is 0 Å². The number of carbonyl (C=O) groups excluding carboxylic acids is 2. The summed E-state index contributed by atoms with van der Waals surface area (Å²) < 4.78 is 0. The number of hydrogen-bond donors (Lipinski definition) is 3. The standard InChI is InChI=1S/C41H50N6O2/c1-45(2)28-33-25-26-34(38(47(4)41(42)43)35(33)30-19-11-6-12-20-30)37(40(49)46(3)27-29-17-9-5-10-18-29)44-39(48)36(31-21-13-7-14-22-31)32-23-15-8-16-24-32/h5,7-10,13-18,21-26,30,36-37H,6,11-12,19-20,27-28H2,1-4H3,(H3,42,43)(H,44,48). The minimum absolute atomic E-state index is 0.123. The van der Waals surface area contributed by atoms with E-state index in [0.717, 1.165) is 59.2 Å². The fraction of sp³-hybridized carbons (Fsp3) is 0.341. The zero-order valence-corrected chi connectivity index (χ0v) is 29.2. The van der Waals surface area contributed by atoms with Gasteiger partial charge in [0.2, 0.25) is 11.8 Å².